The molecular weight excluding hydrogens is 665 g/mol. The molecule has 0 unspecified atom stereocenters. The second-order valence-corrected chi connectivity index (χ2v) is 18.6. The molecule has 52 heavy (non-hydrogen) atoms. The smallest absolute Gasteiger partial charge is 0.0384 e. The summed E-state index contributed by atoms with van der Waals surface area (Å²) in [4.78, 5) is 0. The fourth-order valence-electron chi connectivity index (χ4n) is 8.71. The van der Waals surface area contributed by atoms with Gasteiger partial charge in [-0.15, -0.1) is 22.7 Å². The highest BCUT2D eigenvalue weighted by atomic mass is 32.1. The van der Waals surface area contributed by atoms with Gasteiger partial charge in [-0.25, -0.2) is 0 Å². The van der Waals surface area contributed by atoms with Crippen molar-refractivity contribution in [3.8, 4) is 0 Å². The van der Waals surface area contributed by atoms with Crippen molar-refractivity contribution in [2.24, 2.45) is 0 Å². The molecule has 0 aliphatic heterocycles. The summed E-state index contributed by atoms with van der Waals surface area (Å²) in [6, 6.07) is 4.89. The fourth-order valence-corrected chi connectivity index (χ4v) is 10.7. The van der Waals surface area contributed by atoms with Crippen LogP contribution in [0.5, 0.6) is 0 Å². The van der Waals surface area contributed by atoms with Gasteiger partial charge in [0.25, 0.3) is 0 Å². The van der Waals surface area contributed by atoms with Crippen molar-refractivity contribution in [2.45, 2.75) is 258 Å². The van der Waals surface area contributed by atoms with Gasteiger partial charge in [-0.2, -0.15) is 0 Å². The van der Waals surface area contributed by atoms with Gasteiger partial charge < -0.3 is 0 Å². The molecule has 0 nitrogen and oxygen atoms in total. The highest BCUT2D eigenvalue weighted by molar-refractivity contribution is 7.19. The van der Waals surface area contributed by atoms with Crippen LogP contribution in [0, 0.1) is 0 Å². The minimum absolute atomic E-state index is 1.27. The average molecular weight is 751 g/mol. The van der Waals surface area contributed by atoms with Gasteiger partial charge in [-0.3, -0.25) is 0 Å². The number of rotatable bonds is 38. The summed E-state index contributed by atoms with van der Waals surface area (Å²) < 4.78 is 3.21. The Bertz CT molecular complexity index is 1060. The Hall–Kier alpha value is -0.860. The van der Waals surface area contributed by atoms with Gasteiger partial charge in [0.1, 0.15) is 0 Å². The normalized spacial score (nSPS) is 11.9. The van der Waals surface area contributed by atoms with Gasteiger partial charge in [0.05, 0.1) is 0 Å². The zero-order valence-corrected chi connectivity index (χ0v) is 36.6. The quantitative estimate of drug-likeness (QED) is 0.0512. The molecule has 0 saturated heterocycles. The molecule has 2 heterocycles. The average Bonchev–Trinajstić information content (AvgIpc) is 3.85. The number of thiophene rings is 2. The van der Waals surface area contributed by atoms with Crippen LogP contribution >= 0.6 is 22.7 Å². The number of benzene rings is 1. The third kappa shape index (κ3) is 20.2. The van der Waals surface area contributed by atoms with Crippen LogP contribution in [0.2, 0.25) is 0 Å². The number of fused-ring (bicyclic) bond motifs is 2. The maximum absolute atomic E-state index is 2.45. The van der Waals surface area contributed by atoms with E-state index in [1.807, 2.05) is 22.7 Å². The molecule has 2 aromatic heterocycles. The zero-order chi connectivity index (χ0) is 36.6. The lowest BCUT2D eigenvalue weighted by Crippen LogP contribution is -1.93. The molecule has 0 atom stereocenters. The Balaban J connectivity index is 1.18. The van der Waals surface area contributed by atoms with E-state index in [2.05, 4.69) is 36.7 Å². The maximum Gasteiger partial charge on any atom is 0.0384 e. The Morgan fingerprint density at radius 1 is 0.288 bits per heavy atom. The van der Waals surface area contributed by atoms with E-state index in [0.717, 1.165) is 0 Å². The van der Waals surface area contributed by atoms with E-state index < -0.39 is 0 Å². The highest BCUT2D eigenvalue weighted by Gasteiger charge is 2.16. The first-order valence-corrected chi connectivity index (χ1v) is 25.5. The SMILES string of the molecule is CCCCCCCCCCCCCCCCCCCCc1c2ccsc2c(CCCCCCCCCCCCCCCCCCCC)c2ccsc12. The lowest BCUT2D eigenvalue weighted by molar-refractivity contribution is 0.525. The molecule has 0 aliphatic rings. The van der Waals surface area contributed by atoms with Gasteiger partial charge in [0, 0.05) is 9.40 Å². The first kappa shape index (κ1) is 45.5. The lowest BCUT2D eigenvalue weighted by Gasteiger charge is -2.12. The number of hydrogen-bond acceptors (Lipinski definition) is 2. The second-order valence-electron chi connectivity index (χ2n) is 16.8. The topological polar surface area (TPSA) is 0 Å². The minimum atomic E-state index is 1.27. The summed E-state index contributed by atoms with van der Waals surface area (Å²) in [5, 5.41) is 7.91. The van der Waals surface area contributed by atoms with Crippen molar-refractivity contribution in [3.05, 3.63) is 34.0 Å². The van der Waals surface area contributed by atoms with Crippen LogP contribution in [-0.2, 0) is 12.8 Å². The molecule has 1 aromatic carbocycles. The van der Waals surface area contributed by atoms with Crippen molar-refractivity contribution in [3.63, 3.8) is 0 Å². The summed E-state index contributed by atoms with van der Waals surface area (Å²) in [5.41, 5.74) is 3.33. The monoisotopic (exact) mass is 751 g/mol. The molecule has 0 saturated carbocycles. The van der Waals surface area contributed by atoms with Crippen molar-refractivity contribution < 1.29 is 0 Å². The molecule has 3 rings (SSSR count). The highest BCUT2D eigenvalue weighted by Crippen LogP contribution is 2.40. The Morgan fingerprint density at radius 2 is 0.500 bits per heavy atom. The second kappa shape index (κ2) is 32.4. The maximum atomic E-state index is 2.45. The third-order valence-electron chi connectivity index (χ3n) is 12.1. The molecule has 0 amide bonds. The largest absolute Gasteiger partial charge is 0.143 e. The number of unbranched alkanes of at least 4 members (excludes halogenated alkanes) is 34. The first-order valence-electron chi connectivity index (χ1n) is 23.7. The first-order chi connectivity index (χ1) is 25.9. The van der Waals surface area contributed by atoms with Crippen LogP contribution in [0.25, 0.3) is 20.2 Å². The van der Waals surface area contributed by atoms with Crippen molar-refractivity contribution in [2.75, 3.05) is 0 Å². The minimum Gasteiger partial charge on any atom is -0.143 e. The van der Waals surface area contributed by atoms with Crippen LogP contribution in [0.1, 0.15) is 256 Å². The molecule has 2 heteroatoms. The van der Waals surface area contributed by atoms with Crippen molar-refractivity contribution >= 4 is 42.8 Å². The zero-order valence-electron chi connectivity index (χ0n) is 35.0. The van der Waals surface area contributed by atoms with Crippen molar-refractivity contribution in [1.29, 1.82) is 0 Å². The van der Waals surface area contributed by atoms with E-state index in [1.165, 1.54) is 244 Å². The van der Waals surface area contributed by atoms with Gasteiger partial charge >= 0.3 is 0 Å². The third-order valence-corrected chi connectivity index (χ3v) is 14.0. The van der Waals surface area contributed by atoms with Crippen molar-refractivity contribution in [1.82, 2.24) is 0 Å². The van der Waals surface area contributed by atoms with E-state index in [1.54, 1.807) is 31.3 Å². The van der Waals surface area contributed by atoms with Crippen LogP contribution in [0.4, 0.5) is 0 Å². The van der Waals surface area contributed by atoms with Gasteiger partial charge in [-0.05, 0) is 70.5 Å². The molecule has 0 spiro atoms. The van der Waals surface area contributed by atoms with E-state index in [4.69, 9.17) is 0 Å². The Labute approximate surface area is 333 Å². The lowest BCUT2D eigenvalue weighted by atomic mass is 9.95. The van der Waals surface area contributed by atoms with E-state index in [9.17, 15) is 0 Å². The molecule has 0 N–H and O–H groups in total. The number of aryl methyl sites for hydroxylation is 2. The standard InChI is InChI=1S/C50H86S2/c1-3-5-7-9-11-13-15-17-19-21-23-25-27-29-31-33-35-37-39-45-47-41-43-52-50(47)46(48-42-44-51-49(45)48)40-38-36-34-32-30-28-26-24-22-20-18-16-14-12-10-8-6-4-2/h41-44H,3-40H2,1-2H3. The van der Waals surface area contributed by atoms with E-state index in [-0.39, 0.29) is 0 Å². The van der Waals surface area contributed by atoms with E-state index >= 15 is 0 Å². The summed E-state index contributed by atoms with van der Waals surface area (Å²) >= 11 is 4.01. The predicted octanol–water partition coefficient (Wildman–Crippen LogP) is 19.3. The summed E-state index contributed by atoms with van der Waals surface area (Å²) in [5.74, 6) is 0. The molecule has 298 valence electrons. The summed E-state index contributed by atoms with van der Waals surface area (Å²) in [6.45, 7) is 4.62. The summed E-state index contributed by atoms with van der Waals surface area (Å²) in [6.07, 6.45) is 54.7. The van der Waals surface area contributed by atoms with Crippen LogP contribution in [0.15, 0.2) is 22.9 Å². The van der Waals surface area contributed by atoms with E-state index in [0.29, 0.717) is 0 Å². The molecule has 0 radical (unpaired) electrons. The predicted molar refractivity (Wildman–Crippen MR) is 242 cm³/mol. The molecule has 3 aromatic rings. The number of hydrogen-bond donors (Lipinski definition) is 0. The van der Waals surface area contributed by atoms with Crippen LogP contribution in [-0.4, -0.2) is 0 Å². The fraction of sp³-hybridized carbons (Fsp3) is 0.800. The molecule has 0 aliphatic carbocycles. The molecular formula is C50H86S2. The summed E-state index contributed by atoms with van der Waals surface area (Å²) in [7, 11) is 0. The van der Waals surface area contributed by atoms with Crippen LogP contribution < -0.4 is 0 Å². The van der Waals surface area contributed by atoms with Gasteiger partial charge in [0.2, 0.25) is 0 Å². The van der Waals surface area contributed by atoms with Gasteiger partial charge in [-0.1, -0.05) is 232 Å². The van der Waals surface area contributed by atoms with Crippen LogP contribution in [0.3, 0.4) is 0 Å². The molecule has 0 fully saturated rings. The Kier molecular flexibility index (Phi) is 28.4. The Morgan fingerprint density at radius 3 is 0.731 bits per heavy atom. The molecule has 0 bridgehead atoms. The van der Waals surface area contributed by atoms with Gasteiger partial charge in [0.15, 0.2) is 0 Å².